The molecule has 2 aliphatic rings. The van der Waals surface area contributed by atoms with Gasteiger partial charge in [-0.3, -0.25) is 4.79 Å². The van der Waals surface area contributed by atoms with E-state index < -0.39 is 0 Å². The molecule has 1 aliphatic heterocycles. The molecule has 1 saturated carbocycles. The van der Waals surface area contributed by atoms with Gasteiger partial charge in [0, 0.05) is 25.8 Å². The summed E-state index contributed by atoms with van der Waals surface area (Å²) >= 11 is 0. The van der Waals surface area contributed by atoms with Crippen LogP contribution >= 0.6 is 24.8 Å². The second-order valence-corrected chi connectivity index (χ2v) is 6.42. The summed E-state index contributed by atoms with van der Waals surface area (Å²) in [6, 6.07) is 4.08. The van der Waals surface area contributed by atoms with Crippen LogP contribution in [-0.2, 0) is 11.3 Å². The van der Waals surface area contributed by atoms with Gasteiger partial charge in [-0.15, -0.1) is 24.8 Å². The lowest BCUT2D eigenvalue weighted by Crippen LogP contribution is -2.34. The first-order valence-corrected chi connectivity index (χ1v) is 8.48. The van der Waals surface area contributed by atoms with E-state index in [9.17, 15) is 4.79 Å². The first-order chi connectivity index (χ1) is 10.8. The molecule has 5 nitrogen and oxygen atoms in total. The standard InChI is InChI=1S/C17H26N4O.2ClH/c22-17(13-18-11-14-4-5-14)20-12-15-6-7-19-16(10-15)21-8-2-1-3-9-21;;/h6-7,10,14,18H,1-5,8-9,11-13H2,(H,20,22);2*1H. The summed E-state index contributed by atoms with van der Waals surface area (Å²) < 4.78 is 0. The van der Waals surface area contributed by atoms with Gasteiger partial charge < -0.3 is 15.5 Å². The minimum atomic E-state index is 0. The Morgan fingerprint density at radius 1 is 1.21 bits per heavy atom. The first kappa shape index (κ1) is 21.0. The number of rotatable bonds is 7. The molecule has 1 saturated heterocycles. The lowest BCUT2D eigenvalue weighted by Gasteiger charge is -2.27. The second-order valence-electron chi connectivity index (χ2n) is 6.42. The molecule has 2 fully saturated rings. The number of hydrogen-bond donors (Lipinski definition) is 2. The van der Waals surface area contributed by atoms with Gasteiger partial charge in [-0.25, -0.2) is 4.98 Å². The third-order valence-electron chi connectivity index (χ3n) is 4.40. The van der Waals surface area contributed by atoms with Gasteiger partial charge in [0.15, 0.2) is 0 Å². The van der Waals surface area contributed by atoms with Crippen LogP contribution in [-0.4, -0.2) is 37.1 Å². The molecule has 24 heavy (non-hydrogen) atoms. The van der Waals surface area contributed by atoms with Crippen LogP contribution in [0, 0.1) is 5.92 Å². The van der Waals surface area contributed by atoms with Crippen molar-refractivity contribution < 1.29 is 4.79 Å². The molecule has 1 aromatic heterocycles. The highest BCUT2D eigenvalue weighted by Crippen LogP contribution is 2.27. The van der Waals surface area contributed by atoms with Crippen molar-refractivity contribution in [2.24, 2.45) is 5.92 Å². The van der Waals surface area contributed by atoms with E-state index in [2.05, 4.69) is 26.6 Å². The topological polar surface area (TPSA) is 57.3 Å². The fraction of sp³-hybridized carbons (Fsp3) is 0.647. The summed E-state index contributed by atoms with van der Waals surface area (Å²) in [6.07, 6.45) is 8.28. The van der Waals surface area contributed by atoms with Crippen LogP contribution in [0.4, 0.5) is 5.82 Å². The van der Waals surface area contributed by atoms with Gasteiger partial charge in [-0.05, 0) is 62.3 Å². The van der Waals surface area contributed by atoms with E-state index in [1.807, 2.05) is 12.3 Å². The zero-order valence-electron chi connectivity index (χ0n) is 14.0. The Morgan fingerprint density at radius 2 is 1.96 bits per heavy atom. The predicted octanol–water partition coefficient (Wildman–Crippen LogP) is 2.53. The number of pyridine rings is 1. The van der Waals surface area contributed by atoms with E-state index >= 15 is 0 Å². The predicted molar refractivity (Wildman–Crippen MR) is 102 cm³/mol. The highest BCUT2D eigenvalue weighted by Gasteiger charge is 2.20. The normalized spacial score (nSPS) is 16.8. The molecule has 2 N–H and O–H groups in total. The Hall–Kier alpha value is -1.04. The smallest absolute Gasteiger partial charge is 0.234 e. The summed E-state index contributed by atoms with van der Waals surface area (Å²) in [4.78, 5) is 18.6. The third kappa shape index (κ3) is 6.83. The molecule has 1 aliphatic carbocycles. The first-order valence-electron chi connectivity index (χ1n) is 8.48. The van der Waals surface area contributed by atoms with Crippen molar-refractivity contribution in [2.45, 2.75) is 38.6 Å². The van der Waals surface area contributed by atoms with Crippen LogP contribution < -0.4 is 15.5 Å². The number of halogens is 2. The number of carbonyl (C=O) groups is 1. The van der Waals surface area contributed by atoms with E-state index in [1.54, 1.807) is 0 Å². The summed E-state index contributed by atoms with van der Waals surface area (Å²) in [5, 5.41) is 6.19. The van der Waals surface area contributed by atoms with Crippen LogP contribution in [0.15, 0.2) is 18.3 Å². The van der Waals surface area contributed by atoms with E-state index in [0.29, 0.717) is 13.1 Å². The Labute approximate surface area is 156 Å². The van der Waals surface area contributed by atoms with E-state index in [4.69, 9.17) is 0 Å². The fourth-order valence-corrected chi connectivity index (χ4v) is 2.84. The van der Waals surface area contributed by atoms with Gasteiger partial charge in [-0.2, -0.15) is 0 Å². The molecule has 2 heterocycles. The molecule has 0 bridgehead atoms. The molecule has 0 unspecified atom stereocenters. The lowest BCUT2D eigenvalue weighted by molar-refractivity contribution is -0.120. The van der Waals surface area contributed by atoms with Gasteiger partial charge in [0.2, 0.25) is 5.91 Å². The molecular weight excluding hydrogens is 347 g/mol. The highest BCUT2D eigenvalue weighted by molar-refractivity contribution is 5.85. The lowest BCUT2D eigenvalue weighted by atomic mass is 10.1. The van der Waals surface area contributed by atoms with Crippen LogP contribution in [0.25, 0.3) is 0 Å². The number of piperidine rings is 1. The summed E-state index contributed by atoms with van der Waals surface area (Å²) in [6.45, 7) is 4.15. The van der Waals surface area contributed by atoms with Crippen molar-refractivity contribution in [3.8, 4) is 0 Å². The number of hydrogen-bond acceptors (Lipinski definition) is 4. The second kappa shape index (κ2) is 10.7. The molecule has 0 radical (unpaired) electrons. The van der Waals surface area contributed by atoms with Crippen LogP contribution in [0.2, 0.25) is 0 Å². The fourth-order valence-electron chi connectivity index (χ4n) is 2.84. The zero-order chi connectivity index (χ0) is 15.2. The minimum absolute atomic E-state index is 0. The number of aromatic nitrogens is 1. The number of anilines is 1. The van der Waals surface area contributed by atoms with Crippen molar-refractivity contribution in [1.29, 1.82) is 0 Å². The maximum Gasteiger partial charge on any atom is 0.234 e. The van der Waals surface area contributed by atoms with E-state index in [-0.39, 0.29) is 30.7 Å². The van der Waals surface area contributed by atoms with E-state index in [0.717, 1.165) is 36.9 Å². The molecular formula is C17H28Cl2N4O. The Morgan fingerprint density at radius 3 is 2.67 bits per heavy atom. The minimum Gasteiger partial charge on any atom is -0.357 e. The van der Waals surface area contributed by atoms with E-state index in [1.165, 1.54) is 32.1 Å². The Bertz CT molecular complexity index is 505. The maximum atomic E-state index is 11.8. The summed E-state index contributed by atoms with van der Waals surface area (Å²) in [5.74, 6) is 1.91. The number of carbonyl (C=O) groups excluding carboxylic acids is 1. The van der Waals surface area contributed by atoms with Crippen molar-refractivity contribution >= 4 is 36.5 Å². The molecule has 1 amide bonds. The number of nitrogens with zero attached hydrogens (tertiary/aromatic N) is 2. The van der Waals surface area contributed by atoms with Gasteiger partial charge in [0.05, 0.1) is 6.54 Å². The monoisotopic (exact) mass is 374 g/mol. The Balaban J connectivity index is 0.00000144. The van der Waals surface area contributed by atoms with Crippen LogP contribution in [0.1, 0.15) is 37.7 Å². The molecule has 0 aromatic carbocycles. The van der Waals surface area contributed by atoms with Gasteiger partial charge in [0.1, 0.15) is 5.82 Å². The van der Waals surface area contributed by atoms with Crippen LogP contribution in [0.3, 0.4) is 0 Å². The molecule has 0 spiro atoms. The molecule has 0 atom stereocenters. The van der Waals surface area contributed by atoms with Gasteiger partial charge in [-0.1, -0.05) is 0 Å². The molecule has 136 valence electrons. The average Bonchev–Trinajstić information content (AvgIpc) is 3.38. The van der Waals surface area contributed by atoms with Crippen molar-refractivity contribution in [3.63, 3.8) is 0 Å². The number of nitrogens with one attached hydrogen (secondary N) is 2. The van der Waals surface area contributed by atoms with Crippen molar-refractivity contribution in [2.75, 3.05) is 31.1 Å². The summed E-state index contributed by atoms with van der Waals surface area (Å²) in [7, 11) is 0. The average molecular weight is 375 g/mol. The SMILES string of the molecule is Cl.Cl.O=C(CNCC1CC1)NCc1ccnc(N2CCCCC2)c1. The zero-order valence-corrected chi connectivity index (χ0v) is 15.6. The molecule has 1 aromatic rings. The maximum absolute atomic E-state index is 11.8. The molecule has 7 heteroatoms. The summed E-state index contributed by atoms with van der Waals surface area (Å²) in [5.41, 5.74) is 1.12. The number of amides is 1. The van der Waals surface area contributed by atoms with Crippen LogP contribution in [0.5, 0.6) is 0 Å². The molecule has 3 rings (SSSR count). The van der Waals surface area contributed by atoms with Crippen molar-refractivity contribution in [1.82, 2.24) is 15.6 Å². The largest absolute Gasteiger partial charge is 0.357 e. The van der Waals surface area contributed by atoms with Crippen molar-refractivity contribution in [3.05, 3.63) is 23.9 Å². The van der Waals surface area contributed by atoms with Gasteiger partial charge in [0.25, 0.3) is 0 Å². The highest BCUT2D eigenvalue weighted by atomic mass is 35.5. The third-order valence-corrected chi connectivity index (χ3v) is 4.40. The quantitative estimate of drug-likeness (QED) is 0.769. The van der Waals surface area contributed by atoms with Gasteiger partial charge >= 0.3 is 0 Å². The Kier molecular flexibility index (Phi) is 9.41.